The number of carboxylic acids is 1. The number of aromatic nitrogens is 2. The number of fused-ring (bicyclic) bond motifs is 1. The van der Waals surface area contributed by atoms with Crippen LogP contribution in [0.5, 0.6) is 5.75 Å². The van der Waals surface area contributed by atoms with E-state index < -0.39 is 5.97 Å². The van der Waals surface area contributed by atoms with E-state index in [1.165, 1.54) is 0 Å². The first-order valence-electron chi connectivity index (χ1n) is 5.73. The lowest BCUT2D eigenvalue weighted by Crippen LogP contribution is -2.07. The summed E-state index contributed by atoms with van der Waals surface area (Å²) in [6.07, 6.45) is 1.63. The predicted molar refractivity (Wildman–Crippen MR) is 67.0 cm³/mol. The van der Waals surface area contributed by atoms with Crippen LogP contribution < -0.4 is 4.74 Å². The summed E-state index contributed by atoms with van der Waals surface area (Å²) in [5.74, 6) is -0.628. The molecule has 0 saturated heterocycles. The lowest BCUT2D eigenvalue weighted by atomic mass is 10.1. The first-order valence-corrected chi connectivity index (χ1v) is 5.73. The second-order valence-electron chi connectivity index (χ2n) is 3.93. The molecule has 0 amide bonds. The average Bonchev–Trinajstić information content (AvgIpc) is 2.38. The van der Waals surface area contributed by atoms with Crippen LogP contribution in [0.1, 0.15) is 29.7 Å². The fourth-order valence-electron chi connectivity index (χ4n) is 1.83. The van der Waals surface area contributed by atoms with Crippen molar-refractivity contribution in [2.75, 3.05) is 7.11 Å². The third kappa shape index (κ3) is 2.25. The number of hydrogen-bond donors (Lipinski definition) is 1. The van der Waals surface area contributed by atoms with E-state index in [0.717, 1.165) is 23.9 Å². The van der Waals surface area contributed by atoms with Crippen molar-refractivity contribution in [3.63, 3.8) is 0 Å². The number of aromatic carboxylic acids is 1. The lowest BCUT2D eigenvalue weighted by Gasteiger charge is -2.07. The Hall–Kier alpha value is -2.17. The van der Waals surface area contributed by atoms with Gasteiger partial charge in [-0.25, -0.2) is 14.8 Å². The van der Waals surface area contributed by atoms with Gasteiger partial charge in [-0.3, -0.25) is 0 Å². The summed E-state index contributed by atoms with van der Waals surface area (Å²) in [5.41, 5.74) is 1.37. The summed E-state index contributed by atoms with van der Waals surface area (Å²) in [6.45, 7) is 2.03. The smallest absolute Gasteiger partial charge is 0.373 e. The van der Waals surface area contributed by atoms with Crippen LogP contribution in [0.3, 0.4) is 0 Å². The van der Waals surface area contributed by atoms with Crippen LogP contribution in [-0.4, -0.2) is 28.2 Å². The van der Waals surface area contributed by atoms with E-state index in [-0.39, 0.29) is 5.82 Å². The normalized spacial score (nSPS) is 10.6. The molecule has 5 nitrogen and oxygen atoms in total. The molecular weight excluding hydrogens is 232 g/mol. The van der Waals surface area contributed by atoms with Crippen molar-refractivity contribution < 1.29 is 14.6 Å². The SMILES string of the molecule is CCCc1nc(C(=O)O)nc2cc(OC)ccc12. The maximum absolute atomic E-state index is 11.0. The molecule has 1 heterocycles. The molecule has 0 atom stereocenters. The molecule has 0 aliphatic carbocycles. The Labute approximate surface area is 104 Å². The quantitative estimate of drug-likeness (QED) is 0.896. The van der Waals surface area contributed by atoms with E-state index in [1.807, 2.05) is 19.1 Å². The van der Waals surface area contributed by atoms with Crippen molar-refractivity contribution in [1.29, 1.82) is 0 Å². The largest absolute Gasteiger partial charge is 0.497 e. The minimum atomic E-state index is -1.11. The molecule has 0 aliphatic rings. The molecule has 0 unspecified atom stereocenters. The van der Waals surface area contributed by atoms with Crippen molar-refractivity contribution in [1.82, 2.24) is 9.97 Å². The number of rotatable bonds is 4. The van der Waals surface area contributed by atoms with Crippen molar-refractivity contribution in [2.24, 2.45) is 0 Å². The van der Waals surface area contributed by atoms with E-state index >= 15 is 0 Å². The van der Waals surface area contributed by atoms with Crippen molar-refractivity contribution in [3.05, 3.63) is 29.7 Å². The van der Waals surface area contributed by atoms with Gasteiger partial charge < -0.3 is 9.84 Å². The second kappa shape index (κ2) is 5.00. The van der Waals surface area contributed by atoms with Gasteiger partial charge >= 0.3 is 5.97 Å². The molecule has 1 N–H and O–H groups in total. The van der Waals surface area contributed by atoms with Crippen LogP contribution >= 0.6 is 0 Å². The molecule has 94 valence electrons. The lowest BCUT2D eigenvalue weighted by molar-refractivity contribution is 0.0683. The van der Waals surface area contributed by atoms with Gasteiger partial charge in [-0.2, -0.15) is 0 Å². The van der Waals surface area contributed by atoms with E-state index in [2.05, 4.69) is 9.97 Å². The number of nitrogens with zero attached hydrogens (tertiary/aromatic N) is 2. The number of aryl methyl sites for hydroxylation is 1. The molecule has 0 saturated carbocycles. The number of benzene rings is 1. The highest BCUT2D eigenvalue weighted by Crippen LogP contribution is 2.22. The molecule has 18 heavy (non-hydrogen) atoms. The molecule has 2 aromatic rings. The van der Waals surface area contributed by atoms with Crippen molar-refractivity contribution in [2.45, 2.75) is 19.8 Å². The van der Waals surface area contributed by atoms with Gasteiger partial charge in [0.25, 0.3) is 0 Å². The summed E-state index contributed by atoms with van der Waals surface area (Å²) in [5, 5.41) is 9.88. The summed E-state index contributed by atoms with van der Waals surface area (Å²) < 4.78 is 5.11. The highest BCUT2D eigenvalue weighted by atomic mass is 16.5. The van der Waals surface area contributed by atoms with E-state index in [9.17, 15) is 4.79 Å². The van der Waals surface area contributed by atoms with Gasteiger partial charge in [0.15, 0.2) is 0 Å². The number of carbonyl (C=O) groups is 1. The molecule has 1 aromatic carbocycles. The Kier molecular flexibility index (Phi) is 3.41. The zero-order valence-electron chi connectivity index (χ0n) is 10.3. The Bertz CT molecular complexity index is 596. The molecule has 0 bridgehead atoms. The predicted octanol–water partition coefficient (Wildman–Crippen LogP) is 2.29. The monoisotopic (exact) mass is 246 g/mol. The molecule has 0 radical (unpaired) electrons. The fourth-order valence-corrected chi connectivity index (χ4v) is 1.83. The van der Waals surface area contributed by atoms with E-state index in [1.54, 1.807) is 13.2 Å². The Balaban J connectivity index is 2.68. The Morgan fingerprint density at radius 2 is 2.17 bits per heavy atom. The van der Waals surface area contributed by atoms with Gasteiger partial charge in [0.2, 0.25) is 5.82 Å². The van der Waals surface area contributed by atoms with Gasteiger partial charge in [-0.15, -0.1) is 0 Å². The molecule has 5 heteroatoms. The number of hydrogen-bond acceptors (Lipinski definition) is 4. The second-order valence-corrected chi connectivity index (χ2v) is 3.93. The zero-order chi connectivity index (χ0) is 13.1. The maximum atomic E-state index is 11.0. The van der Waals surface area contributed by atoms with Gasteiger partial charge in [0.1, 0.15) is 5.75 Å². The van der Waals surface area contributed by atoms with E-state index in [4.69, 9.17) is 9.84 Å². The molecule has 1 aromatic heterocycles. The Morgan fingerprint density at radius 1 is 1.39 bits per heavy atom. The minimum absolute atomic E-state index is 0.167. The Morgan fingerprint density at radius 3 is 2.78 bits per heavy atom. The van der Waals surface area contributed by atoms with Gasteiger partial charge in [-0.05, 0) is 18.6 Å². The van der Waals surface area contributed by atoms with Crippen LogP contribution in [0.4, 0.5) is 0 Å². The topological polar surface area (TPSA) is 72.3 Å². The number of carboxylic acid groups (broad SMARTS) is 1. The standard InChI is InChI=1S/C13H14N2O3/c1-3-4-10-9-6-5-8(18-2)7-11(9)15-12(14-10)13(16)17/h5-7H,3-4H2,1-2H3,(H,16,17). The van der Waals surface area contributed by atoms with Gasteiger partial charge in [0, 0.05) is 11.5 Å². The van der Waals surface area contributed by atoms with Crippen LogP contribution in [0.25, 0.3) is 10.9 Å². The maximum Gasteiger partial charge on any atom is 0.373 e. The zero-order valence-corrected chi connectivity index (χ0v) is 10.3. The molecule has 0 fully saturated rings. The van der Waals surface area contributed by atoms with Crippen LogP contribution in [0, 0.1) is 0 Å². The van der Waals surface area contributed by atoms with Gasteiger partial charge in [0.05, 0.1) is 18.3 Å². The third-order valence-corrected chi connectivity index (χ3v) is 2.66. The highest BCUT2D eigenvalue weighted by Gasteiger charge is 2.12. The number of methoxy groups -OCH3 is 1. The summed E-state index contributed by atoms with van der Waals surface area (Å²) in [4.78, 5) is 19.1. The minimum Gasteiger partial charge on any atom is -0.497 e. The molecule has 2 rings (SSSR count). The van der Waals surface area contributed by atoms with Crippen LogP contribution in [0.2, 0.25) is 0 Å². The van der Waals surface area contributed by atoms with E-state index in [0.29, 0.717) is 11.3 Å². The van der Waals surface area contributed by atoms with Crippen LogP contribution in [-0.2, 0) is 6.42 Å². The first-order chi connectivity index (χ1) is 8.65. The highest BCUT2D eigenvalue weighted by molar-refractivity contribution is 5.89. The summed E-state index contributed by atoms with van der Waals surface area (Å²) in [7, 11) is 1.56. The molecule has 0 spiro atoms. The third-order valence-electron chi connectivity index (χ3n) is 2.66. The van der Waals surface area contributed by atoms with Crippen molar-refractivity contribution >= 4 is 16.9 Å². The van der Waals surface area contributed by atoms with Gasteiger partial charge in [-0.1, -0.05) is 13.3 Å². The first kappa shape index (κ1) is 12.3. The summed E-state index contributed by atoms with van der Waals surface area (Å²) >= 11 is 0. The summed E-state index contributed by atoms with van der Waals surface area (Å²) in [6, 6.07) is 5.42. The average molecular weight is 246 g/mol. The molecule has 0 aliphatic heterocycles. The fraction of sp³-hybridized carbons (Fsp3) is 0.308. The van der Waals surface area contributed by atoms with Crippen LogP contribution in [0.15, 0.2) is 18.2 Å². The molecular formula is C13H14N2O3. The number of ether oxygens (including phenoxy) is 1. The van der Waals surface area contributed by atoms with Crippen molar-refractivity contribution in [3.8, 4) is 5.75 Å².